The van der Waals surface area contributed by atoms with Gasteiger partial charge in [0.05, 0.1) is 23.6 Å². The van der Waals surface area contributed by atoms with Crippen LogP contribution in [0.4, 0.5) is 11.5 Å². The molecule has 0 radical (unpaired) electrons. The van der Waals surface area contributed by atoms with Crippen LogP contribution in [0.5, 0.6) is 0 Å². The van der Waals surface area contributed by atoms with E-state index in [2.05, 4.69) is 49.1 Å². The molecule has 0 unspecified atom stereocenters. The molecule has 1 aliphatic heterocycles. The molecular weight excluding hydrogens is 340 g/mol. The first kappa shape index (κ1) is 19.4. The van der Waals surface area contributed by atoms with Crippen LogP contribution in [0, 0.1) is 12.3 Å². The third kappa shape index (κ3) is 4.87. The maximum absolute atomic E-state index is 12.3. The zero-order valence-corrected chi connectivity index (χ0v) is 17.1. The van der Waals surface area contributed by atoms with E-state index < -0.39 is 0 Å². The Morgan fingerprint density at radius 1 is 1.33 bits per heavy atom. The number of pyridine rings is 1. The van der Waals surface area contributed by atoms with Crippen LogP contribution in [0.1, 0.15) is 63.2 Å². The monoisotopic (exact) mass is 370 g/mol. The van der Waals surface area contributed by atoms with Gasteiger partial charge in [-0.25, -0.2) is 4.98 Å². The van der Waals surface area contributed by atoms with Crippen molar-refractivity contribution in [3.63, 3.8) is 0 Å². The molecule has 0 saturated carbocycles. The molecule has 1 aliphatic rings. The Labute approximate surface area is 161 Å². The van der Waals surface area contributed by atoms with Gasteiger partial charge in [-0.2, -0.15) is 0 Å². The molecule has 0 fully saturated rings. The molecule has 6 heteroatoms. The smallest absolute Gasteiger partial charge is 0.226 e. The Kier molecular flexibility index (Phi) is 5.53. The van der Waals surface area contributed by atoms with Gasteiger partial charge >= 0.3 is 0 Å². The lowest BCUT2D eigenvalue weighted by molar-refractivity contribution is -0.117. The van der Waals surface area contributed by atoms with Crippen molar-refractivity contribution in [3.8, 4) is 0 Å². The molecule has 3 rings (SSSR count). The topological polar surface area (TPSA) is 71.3 Å². The van der Waals surface area contributed by atoms with Gasteiger partial charge in [0.15, 0.2) is 5.76 Å². The average molecular weight is 370 g/mol. The van der Waals surface area contributed by atoms with Gasteiger partial charge < -0.3 is 14.7 Å². The van der Waals surface area contributed by atoms with Gasteiger partial charge in [0.25, 0.3) is 0 Å². The van der Waals surface area contributed by atoms with E-state index in [4.69, 9.17) is 9.51 Å². The number of hydrogen-bond donors (Lipinski definition) is 1. The number of nitrogens with zero attached hydrogens (tertiary/aromatic N) is 3. The van der Waals surface area contributed by atoms with Gasteiger partial charge in [0.2, 0.25) is 5.91 Å². The fraction of sp³-hybridized carbons (Fsp3) is 0.571. The van der Waals surface area contributed by atoms with Crippen LogP contribution in [-0.2, 0) is 24.2 Å². The van der Waals surface area contributed by atoms with Crippen molar-refractivity contribution in [2.75, 3.05) is 16.8 Å². The molecule has 2 aromatic heterocycles. The number of aromatic nitrogens is 2. The number of carbonyl (C=O) groups is 1. The van der Waals surface area contributed by atoms with Crippen molar-refractivity contribution in [2.24, 2.45) is 5.41 Å². The number of rotatable bonds is 5. The van der Waals surface area contributed by atoms with E-state index in [0.717, 1.165) is 54.2 Å². The summed E-state index contributed by atoms with van der Waals surface area (Å²) in [5.41, 5.74) is 4.08. The summed E-state index contributed by atoms with van der Waals surface area (Å²) in [4.78, 5) is 19.4. The molecule has 27 heavy (non-hydrogen) atoms. The molecule has 2 aromatic rings. The molecule has 0 spiro atoms. The van der Waals surface area contributed by atoms with E-state index >= 15 is 0 Å². The summed E-state index contributed by atoms with van der Waals surface area (Å²) in [5, 5.41) is 7.08. The highest BCUT2D eigenvalue weighted by Gasteiger charge is 2.23. The summed E-state index contributed by atoms with van der Waals surface area (Å²) in [6.07, 6.45) is 3.30. The van der Waals surface area contributed by atoms with Crippen LogP contribution in [0.25, 0.3) is 0 Å². The summed E-state index contributed by atoms with van der Waals surface area (Å²) in [7, 11) is 0. The Bertz CT molecular complexity index is 820. The van der Waals surface area contributed by atoms with Crippen molar-refractivity contribution >= 4 is 17.4 Å². The van der Waals surface area contributed by atoms with Crippen LogP contribution < -0.4 is 10.2 Å². The summed E-state index contributed by atoms with van der Waals surface area (Å²) in [5.74, 6) is 1.57. The second-order valence-electron chi connectivity index (χ2n) is 8.57. The van der Waals surface area contributed by atoms with Gasteiger partial charge in [-0.1, -0.05) is 32.9 Å². The predicted molar refractivity (Wildman–Crippen MR) is 107 cm³/mol. The van der Waals surface area contributed by atoms with Crippen LogP contribution in [0.15, 0.2) is 16.7 Å². The van der Waals surface area contributed by atoms with E-state index in [1.54, 1.807) is 0 Å². The molecule has 0 atom stereocenters. The summed E-state index contributed by atoms with van der Waals surface area (Å²) in [6.45, 7) is 11.9. The largest absolute Gasteiger partial charge is 0.362 e. The quantitative estimate of drug-likeness (QED) is 0.851. The first-order chi connectivity index (χ1) is 12.7. The predicted octanol–water partition coefficient (Wildman–Crippen LogP) is 4.27. The normalized spacial score (nSPS) is 14.2. The number of hydrogen-bond acceptors (Lipinski definition) is 5. The lowest BCUT2D eigenvalue weighted by Crippen LogP contribution is -2.30. The molecule has 0 bridgehead atoms. The molecule has 1 N–H and O–H groups in total. The number of nitrogens with one attached hydrogen (secondary N) is 1. The Balaban J connectivity index is 1.78. The minimum absolute atomic E-state index is 0.0134. The fourth-order valence-electron chi connectivity index (χ4n) is 3.39. The van der Waals surface area contributed by atoms with Gasteiger partial charge in [-0.15, -0.1) is 0 Å². The number of carbonyl (C=O) groups excluding carboxylic acids is 1. The standard InChI is InChI=1S/C21H30N4O2/c1-6-15-11-16(27-24-15)13-25-9-7-8-17-18(25)10-14(2)20(22-17)23-19(26)12-21(3,4)5/h10-11H,6-9,12-13H2,1-5H3,(H,22,23,26). The van der Waals surface area contributed by atoms with E-state index in [9.17, 15) is 4.79 Å². The Hall–Kier alpha value is -2.37. The number of fused-ring (bicyclic) bond motifs is 1. The second kappa shape index (κ2) is 7.71. The highest BCUT2D eigenvalue weighted by molar-refractivity contribution is 5.91. The number of amides is 1. The molecule has 1 amide bonds. The number of aryl methyl sites for hydroxylation is 3. The zero-order valence-electron chi connectivity index (χ0n) is 17.1. The maximum atomic E-state index is 12.3. The van der Waals surface area contributed by atoms with Crippen molar-refractivity contribution in [3.05, 3.63) is 34.8 Å². The van der Waals surface area contributed by atoms with E-state index in [0.29, 0.717) is 18.8 Å². The van der Waals surface area contributed by atoms with Crippen LogP contribution >= 0.6 is 0 Å². The van der Waals surface area contributed by atoms with Crippen molar-refractivity contribution < 1.29 is 9.32 Å². The molecule has 3 heterocycles. The van der Waals surface area contributed by atoms with E-state index in [-0.39, 0.29) is 11.3 Å². The third-order valence-electron chi connectivity index (χ3n) is 4.72. The maximum Gasteiger partial charge on any atom is 0.226 e. The van der Waals surface area contributed by atoms with Crippen LogP contribution in [0.3, 0.4) is 0 Å². The highest BCUT2D eigenvalue weighted by atomic mass is 16.5. The first-order valence-electron chi connectivity index (χ1n) is 9.75. The van der Waals surface area contributed by atoms with Gasteiger partial charge in [-0.05, 0) is 43.2 Å². The summed E-state index contributed by atoms with van der Waals surface area (Å²) >= 11 is 0. The molecule has 6 nitrogen and oxygen atoms in total. The summed E-state index contributed by atoms with van der Waals surface area (Å²) < 4.78 is 5.46. The van der Waals surface area contributed by atoms with Crippen molar-refractivity contribution in [1.29, 1.82) is 0 Å². The third-order valence-corrected chi connectivity index (χ3v) is 4.72. The fourth-order valence-corrected chi connectivity index (χ4v) is 3.39. The van der Waals surface area contributed by atoms with Crippen molar-refractivity contribution in [2.45, 2.75) is 66.8 Å². The Morgan fingerprint density at radius 2 is 2.11 bits per heavy atom. The lowest BCUT2D eigenvalue weighted by Gasteiger charge is -2.30. The molecule has 146 valence electrons. The SMILES string of the molecule is CCc1cc(CN2CCCc3nc(NC(=O)CC(C)(C)C)c(C)cc32)on1. The van der Waals surface area contributed by atoms with Gasteiger partial charge in [-0.3, -0.25) is 4.79 Å². The van der Waals surface area contributed by atoms with E-state index in [1.807, 2.05) is 13.0 Å². The highest BCUT2D eigenvalue weighted by Crippen LogP contribution is 2.31. The molecule has 0 saturated heterocycles. The van der Waals surface area contributed by atoms with Crippen LogP contribution in [0.2, 0.25) is 0 Å². The second-order valence-corrected chi connectivity index (χ2v) is 8.57. The molecule has 0 aliphatic carbocycles. The minimum Gasteiger partial charge on any atom is -0.362 e. The minimum atomic E-state index is -0.0442. The summed E-state index contributed by atoms with van der Waals surface area (Å²) in [6, 6.07) is 4.15. The Morgan fingerprint density at radius 3 is 2.78 bits per heavy atom. The molecular formula is C21H30N4O2. The van der Waals surface area contributed by atoms with Crippen LogP contribution in [-0.4, -0.2) is 22.6 Å². The van der Waals surface area contributed by atoms with E-state index in [1.165, 1.54) is 0 Å². The zero-order chi connectivity index (χ0) is 19.6. The van der Waals surface area contributed by atoms with Gasteiger partial charge in [0.1, 0.15) is 5.82 Å². The first-order valence-corrected chi connectivity index (χ1v) is 9.75. The average Bonchev–Trinajstić information content (AvgIpc) is 3.02. The lowest BCUT2D eigenvalue weighted by atomic mass is 9.92. The molecule has 0 aromatic carbocycles. The van der Waals surface area contributed by atoms with Gasteiger partial charge in [0, 0.05) is 19.0 Å². The van der Waals surface area contributed by atoms with Crippen molar-refractivity contribution in [1.82, 2.24) is 10.1 Å². The number of anilines is 2.